The summed E-state index contributed by atoms with van der Waals surface area (Å²) in [5, 5.41) is 3.19. The van der Waals surface area contributed by atoms with Gasteiger partial charge in [0.05, 0.1) is 13.2 Å². The van der Waals surface area contributed by atoms with Crippen LogP contribution in [0.25, 0.3) is 0 Å². The number of carbonyl (C=O) groups is 2. The fraction of sp³-hybridized carbons (Fsp3) is 0.652. The van der Waals surface area contributed by atoms with Crippen molar-refractivity contribution in [1.82, 2.24) is 9.80 Å². The number of urea groups is 1. The molecule has 1 aromatic carbocycles. The number of morpholine rings is 1. The number of piperidine rings is 1. The monoisotopic (exact) mass is 401 g/mol. The summed E-state index contributed by atoms with van der Waals surface area (Å²) in [5.74, 6) is 0.911. The van der Waals surface area contributed by atoms with E-state index < -0.39 is 0 Å². The molecule has 0 unspecified atom stereocenters. The summed E-state index contributed by atoms with van der Waals surface area (Å²) in [6, 6.07) is 6.21. The molecule has 0 aliphatic carbocycles. The van der Waals surface area contributed by atoms with Gasteiger partial charge in [0, 0.05) is 37.8 Å². The van der Waals surface area contributed by atoms with Gasteiger partial charge in [0.1, 0.15) is 0 Å². The van der Waals surface area contributed by atoms with Crippen LogP contribution in [0.2, 0.25) is 0 Å². The van der Waals surface area contributed by atoms with Crippen molar-refractivity contribution >= 4 is 17.6 Å². The molecular weight excluding hydrogens is 366 g/mol. The Balaban J connectivity index is 1.62. The Kier molecular flexibility index (Phi) is 7.17. The molecule has 0 spiro atoms. The highest BCUT2D eigenvalue weighted by atomic mass is 16.5. The van der Waals surface area contributed by atoms with Crippen molar-refractivity contribution in [2.45, 2.75) is 52.4 Å². The van der Waals surface area contributed by atoms with Crippen LogP contribution < -0.4 is 5.32 Å². The van der Waals surface area contributed by atoms with Crippen molar-refractivity contribution in [2.75, 3.05) is 44.7 Å². The smallest absolute Gasteiger partial charge is 0.321 e. The number of anilines is 1. The van der Waals surface area contributed by atoms with E-state index in [1.165, 1.54) is 11.1 Å². The molecule has 2 saturated heterocycles. The quantitative estimate of drug-likeness (QED) is 0.828. The Morgan fingerprint density at radius 1 is 0.931 bits per heavy atom. The molecule has 2 heterocycles. The van der Waals surface area contributed by atoms with E-state index in [2.05, 4.69) is 51.2 Å². The number of ether oxygens (including phenoxy) is 1. The Labute approximate surface area is 174 Å². The molecular formula is C23H35N3O3. The van der Waals surface area contributed by atoms with Crippen LogP contribution >= 0.6 is 0 Å². The van der Waals surface area contributed by atoms with Crippen LogP contribution in [0.5, 0.6) is 0 Å². The van der Waals surface area contributed by atoms with E-state index in [0.29, 0.717) is 51.2 Å². The lowest BCUT2D eigenvalue weighted by Crippen LogP contribution is -2.48. The maximum atomic E-state index is 13.0. The highest BCUT2D eigenvalue weighted by Crippen LogP contribution is 2.33. The second-order valence-electron chi connectivity index (χ2n) is 8.75. The topological polar surface area (TPSA) is 61.9 Å². The minimum absolute atomic E-state index is 0.0197. The minimum Gasteiger partial charge on any atom is -0.378 e. The Hall–Kier alpha value is -2.08. The van der Waals surface area contributed by atoms with Gasteiger partial charge in [-0.05, 0) is 35.8 Å². The zero-order valence-electron chi connectivity index (χ0n) is 18.2. The van der Waals surface area contributed by atoms with Crippen molar-refractivity contribution < 1.29 is 14.3 Å². The number of hydrogen-bond donors (Lipinski definition) is 1. The molecule has 0 bridgehead atoms. The van der Waals surface area contributed by atoms with Crippen molar-refractivity contribution in [3.8, 4) is 0 Å². The van der Waals surface area contributed by atoms with E-state index in [0.717, 1.165) is 18.5 Å². The van der Waals surface area contributed by atoms with Crippen LogP contribution in [0, 0.1) is 5.92 Å². The van der Waals surface area contributed by atoms with Gasteiger partial charge in [-0.3, -0.25) is 4.79 Å². The molecule has 2 aliphatic rings. The molecule has 6 nitrogen and oxygen atoms in total. The molecule has 3 rings (SSSR count). The van der Waals surface area contributed by atoms with Crippen LogP contribution in [-0.4, -0.2) is 61.1 Å². The number of amides is 3. The second kappa shape index (κ2) is 9.61. The molecule has 6 heteroatoms. The van der Waals surface area contributed by atoms with E-state index in [-0.39, 0.29) is 17.9 Å². The van der Waals surface area contributed by atoms with E-state index in [9.17, 15) is 9.59 Å². The maximum Gasteiger partial charge on any atom is 0.321 e. The van der Waals surface area contributed by atoms with Crippen molar-refractivity contribution in [3.63, 3.8) is 0 Å². The van der Waals surface area contributed by atoms with Gasteiger partial charge in [-0.2, -0.15) is 0 Å². The first-order chi connectivity index (χ1) is 13.9. The third-order valence-electron chi connectivity index (χ3n) is 6.06. The number of hydrogen-bond acceptors (Lipinski definition) is 3. The van der Waals surface area contributed by atoms with E-state index >= 15 is 0 Å². The first kappa shape index (κ1) is 21.6. The Bertz CT molecular complexity index is 692. The van der Waals surface area contributed by atoms with Crippen LogP contribution in [-0.2, 0) is 9.53 Å². The first-order valence-corrected chi connectivity index (χ1v) is 10.9. The molecule has 0 radical (unpaired) electrons. The second-order valence-corrected chi connectivity index (χ2v) is 8.75. The van der Waals surface area contributed by atoms with Gasteiger partial charge in [0.2, 0.25) is 5.91 Å². The van der Waals surface area contributed by atoms with Crippen LogP contribution in [0.15, 0.2) is 18.2 Å². The summed E-state index contributed by atoms with van der Waals surface area (Å²) in [6.07, 6.45) is 1.46. The number of rotatable bonds is 4. The summed E-state index contributed by atoms with van der Waals surface area (Å²) in [4.78, 5) is 29.5. The van der Waals surface area contributed by atoms with E-state index in [1.54, 1.807) is 0 Å². The standard InChI is InChI=1S/C23H35N3O3/c1-16(2)19-6-5-7-20(17(3)4)21(19)24-23(28)26-10-8-18(9-11-26)22(27)25-12-14-29-15-13-25/h5-7,16-18H,8-15H2,1-4H3,(H,24,28). The SMILES string of the molecule is CC(C)c1cccc(C(C)C)c1NC(=O)N1CCC(C(=O)N2CCOCC2)CC1. The number of benzene rings is 1. The van der Waals surface area contributed by atoms with Gasteiger partial charge in [-0.25, -0.2) is 4.79 Å². The molecule has 2 aliphatic heterocycles. The summed E-state index contributed by atoms with van der Waals surface area (Å²) in [6.45, 7) is 12.5. The lowest BCUT2D eigenvalue weighted by molar-refractivity contribution is -0.140. The molecule has 0 atom stereocenters. The first-order valence-electron chi connectivity index (χ1n) is 10.9. The highest BCUT2D eigenvalue weighted by Gasteiger charge is 2.31. The predicted octanol–water partition coefficient (Wildman–Crippen LogP) is 4.04. The fourth-order valence-corrected chi connectivity index (χ4v) is 4.25. The zero-order valence-corrected chi connectivity index (χ0v) is 18.2. The molecule has 2 fully saturated rings. The Morgan fingerprint density at radius 2 is 1.48 bits per heavy atom. The largest absolute Gasteiger partial charge is 0.378 e. The summed E-state index contributed by atoms with van der Waals surface area (Å²) >= 11 is 0. The normalized spacial score (nSPS) is 18.4. The van der Waals surface area contributed by atoms with Crippen molar-refractivity contribution in [2.24, 2.45) is 5.92 Å². The molecule has 0 aromatic heterocycles. The van der Waals surface area contributed by atoms with E-state index in [4.69, 9.17) is 4.74 Å². The zero-order chi connectivity index (χ0) is 21.0. The third-order valence-corrected chi connectivity index (χ3v) is 6.06. The lowest BCUT2D eigenvalue weighted by atomic mass is 9.92. The molecule has 1 aromatic rings. The lowest BCUT2D eigenvalue weighted by Gasteiger charge is -2.35. The maximum absolute atomic E-state index is 13.0. The summed E-state index contributed by atoms with van der Waals surface area (Å²) in [5.41, 5.74) is 3.29. The summed E-state index contributed by atoms with van der Waals surface area (Å²) < 4.78 is 5.34. The number of likely N-dealkylation sites (tertiary alicyclic amines) is 1. The van der Waals surface area contributed by atoms with Gasteiger partial charge in [-0.1, -0.05) is 45.9 Å². The average molecular weight is 402 g/mol. The van der Waals surface area contributed by atoms with Gasteiger partial charge >= 0.3 is 6.03 Å². The number of nitrogens with zero attached hydrogens (tertiary/aromatic N) is 2. The fourth-order valence-electron chi connectivity index (χ4n) is 4.25. The number of nitrogens with one attached hydrogen (secondary N) is 1. The molecule has 0 saturated carbocycles. The van der Waals surface area contributed by atoms with Crippen LogP contribution in [0.4, 0.5) is 10.5 Å². The molecule has 3 amide bonds. The Morgan fingerprint density at radius 3 is 2.00 bits per heavy atom. The van der Waals surface area contributed by atoms with Crippen molar-refractivity contribution in [1.29, 1.82) is 0 Å². The number of para-hydroxylation sites is 1. The van der Waals surface area contributed by atoms with Crippen LogP contribution in [0.1, 0.15) is 63.5 Å². The third kappa shape index (κ3) is 5.10. The summed E-state index contributed by atoms with van der Waals surface area (Å²) in [7, 11) is 0. The van der Waals surface area contributed by atoms with Crippen molar-refractivity contribution in [3.05, 3.63) is 29.3 Å². The van der Waals surface area contributed by atoms with Gasteiger partial charge in [-0.15, -0.1) is 0 Å². The van der Waals surface area contributed by atoms with Gasteiger partial charge < -0.3 is 19.9 Å². The van der Waals surface area contributed by atoms with E-state index in [1.807, 2.05) is 9.80 Å². The average Bonchev–Trinajstić information content (AvgIpc) is 2.73. The van der Waals surface area contributed by atoms with Gasteiger partial charge in [0.25, 0.3) is 0 Å². The van der Waals surface area contributed by atoms with Gasteiger partial charge in [0.15, 0.2) is 0 Å². The molecule has 160 valence electrons. The molecule has 29 heavy (non-hydrogen) atoms. The molecule has 1 N–H and O–H groups in total. The van der Waals surface area contributed by atoms with Crippen LogP contribution in [0.3, 0.4) is 0 Å². The minimum atomic E-state index is -0.0581. The highest BCUT2D eigenvalue weighted by molar-refractivity contribution is 5.91. The number of carbonyl (C=O) groups excluding carboxylic acids is 2. The predicted molar refractivity (Wildman–Crippen MR) is 115 cm³/mol.